The quantitative estimate of drug-likeness (QED) is 0.0247. The number of carboxylic acid groups (broad SMARTS) is 1. The molecule has 419 valence electrons. The van der Waals surface area contributed by atoms with Crippen LogP contribution in [0.3, 0.4) is 0 Å². The lowest BCUT2D eigenvalue weighted by Gasteiger charge is -2.14. The lowest BCUT2D eigenvalue weighted by atomic mass is 10.1. The molecule has 5 aromatic heterocycles. The summed E-state index contributed by atoms with van der Waals surface area (Å²) >= 11 is 9.44. The number of phenols is 1. The third-order valence-electron chi connectivity index (χ3n) is 12.6. The average molecular weight is 1190 g/mol. The Labute approximate surface area is 497 Å². The molecule has 2 N–H and O–H groups in total. The molecular weight excluding hydrogens is 1110 g/mol. The Morgan fingerprint density at radius 2 is 0.963 bits per heavy atom. The van der Waals surface area contributed by atoms with Crippen molar-refractivity contribution in [1.29, 1.82) is 10.8 Å². The van der Waals surface area contributed by atoms with E-state index in [1.807, 2.05) is 149 Å². The first-order valence-electron chi connectivity index (χ1n) is 26.6. The lowest BCUT2D eigenvalue weighted by Crippen LogP contribution is -2.20. The highest BCUT2D eigenvalue weighted by Crippen LogP contribution is 2.27. The van der Waals surface area contributed by atoms with Crippen molar-refractivity contribution in [2.45, 2.75) is 102 Å². The van der Waals surface area contributed by atoms with Crippen LogP contribution in [0.1, 0.15) is 85.4 Å². The number of thioether (sulfide) groups is 1. The minimum Gasteiger partial charge on any atom is -0.508 e. The third kappa shape index (κ3) is 21.7. The number of hydrogen-bond donors (Lipinski definition) is 3. The lowest BCUT2D eigenvalue weighted by molar-refractivity contribution is -0.140. The van der Waals surface area contributed by atoms with Gasteiger partial charge in [-0.05, 0) is 154 Å². The second-order valence-electron chi connectivity index (χ2n) is 18.3. The van der Waals surface area contributed by atoms with Gasteiger partial charge in [0.25, 0.3) is 0 Å². The van der Waals surface area contributed by atoms with Crippen molar-refractivity contribution in [1.82, 2.24) is 23.7 Å². The molecule has 16 heteroatoms. The molecule has 12 nitrogen and oxygen atoms in total. The smallest absolute Gasteiger partial charge is 0.327 e. The van der Waals surface area contributed by atoms with Gasteiger partial charge in [0.1, 0.15) is 23.3 Å². The van der Waals surface area contributed by atoms with Gasteiger partial charge in [-0.25, -0.2) is 14.8 Å². The van der Waals surface area contributed by atoms with Crippen LogP contribution in [0.5, 0.6) is 5.75 Å². The van der Waals surface area contributed by atoms with Crippen molar-refractivity contribution < 1.29 is 23.8 Å². The van der Waals surface area contributed by atoms with Gasteiger partial charge in [0.15, 0.2) is 0 Å². The minimum atomic E-state index is -0.826. The third-order valence-corrected chi connectivity index (χ3v) is 14.3. The topological polar surface area (TPSA) is 172 Å². The van der Waals surface area contributed by atoms with Crippen LogP contribution in [-0.4, -0.2) is 59.3 Å². The molecule has 0 saturated heterocycles. The number of benzene rings is 5. The van der Waals surface area contributed by atoms with Crippen LogP contribution in [0, 0.1) is 24.6 Å². The van der Waals surface area contributed by atoms with E-state index in [-0.39, 0.29) is 8.41 Å². The summed E-state index contributed by atoms with van der Waals surface area (Å²) in [5.41, 5.74) is 7.64. The van der Waals surface area contributed by atoms with Gasteiger partial charge in [-0.15, -0.1) is 24.4 Å². The number of phenolic OH excluding ortho intramolecular Hbond substituents is 1. The van der Waals surface area contributed by atoms with Gasteiger partial charge in [-0.2, -0.15) is 0 Å². The summed E-state index contributed by atoms with van der Waals surface area (Å²) in [4.78, 5) is 22.9. The van der Waals surface area contributed by atoms with Gasteiger partial charge in [-0.3, -0.25) is 0 Å². The molecule has 5 aromatic carbocycles. The van der Waals surface area contributed by atoms with E-state index in [1.165, 1.54) is 11.1 Å². The van der Waals surface area contributed by atoms with Gasteiger partial charge in [-0.1, -0.05) is 103 Å². The van der Waals surface area contributed by atoms with Crippen molar-refractivity contribution in [2.24, 2.45) is 0 Å². The number of carboxylic acids is 1. The molecule has 5 heterocycles. The van der Waals surface area contributed by atoms with E-state index in [4.69, 9.17) is 24.7 Å². The second kappa shape index (κ2) is 35.8. The van der Waals surface area contributed by atoms with E-state index in [9.17, 15) is 9.90 Å². The fourth-order valence-corrected chi connectivity index (χ4v) is 9.73. The Balaban J connectivity index is 0.000000241. The number of halogens is 1. The number of rotatable bonds is 18. The van der Waals surface area contributed by atoms with E-state index in [1.54, 1.807) is 40.9 Å². The van der Waals surface area contributed by atoms with Gasteiger partial charge >= 0.3 is 5.97 Å². The number of hydrogen-bond acceptors (Lipinski definition) is 10. The maximum atomic E-state index is 11.6. The Morgan fingerprint density at radius 1 is 0.580 bits per heavy atom. The minimum absolute atomic E-state index is 0. The largest absolute Gasteiger partial charge is 0.508 e. The van der Waals surface area contributed by atoms with E-state index >= 15 is 0 Å². The molecular formula is C65H72BBrN7O5S2. The van der Waals surface area contributed by atoms with Crippen molar-refractivity contribution in [3.05, 3.63) is 247 Å². The molecule has 0 aliphatic heterocycles. The number of carbonyl (C=O) groups is 1. The van der Waals surface area contributed by atoms with E-state index in [0.29, 0.717) is 36.0 Å². The molecule has 3 radical (unpaired) electrons. The van der Waals surface area contributed by atoms with E-state index in [2.05, 4.69) is 123 Å². The van der Waals surface area contributed by atoms with Crippen molar-refractivity contribution in [3.63, 3.8) is 0 Å². The molecule has 10 rings (SSSR count). The zero-order chi connectivity index (χ0) is 57.7. The van der Waals surface area contributed by atoms with Crippen LogP contribution in [0.15, 0.2) is 226 Å². The molecule has 3 atom stereocenters. The van der Waals surface area contributed by atoms with E-state index in [0.717, 1.165) is 86.2 Å². The number of aliphatic carboxylic acids is 1. The first-order valence-corrected chi connectivity index (χ1v) is 29.1. The summed E-state index contributed by atoms with van der Waals surface area (Å²) in [6.07, 6.45) is 16.2. The molecule has 0 fully saturated rings. The van der Waals surface area contributed by atoms with Gasteiger partial charge in [0.2, 0.25) is 11.8 Å². The number of thiol groups is 1. The van der Waals surface area contributed by atoms with Gasteiger partial charge in [0.05, 0.1) is 11.4 Å². The first kappa shape index (κ1) is 65.8. The predicted molar refractivity (Wildman–Crippen MR) is 335 cm³/mol. The van der Waals surface area contributed by atoms with E-state index < -0.39 is 12.0 Å². The fourth-order valence-electron chi connectivity index (χ4n) is 8.34. The van der Waals surface area contributed by atoms with Crippen LogP contribution in [0.25, 0.3) is 22.9 Å². The second-order valence-corrected chi connectivity index (χ2v) is 20.8. The highest BCUT2D eigenvalue weighted by Gasteiger charge is 2.19. The SMILES string of the molecule is CC.CC(Cc1ccc(O)cc1)n1cccc1.CC(Cc1ccc(S)cc1)n1cccc1.Cc1oc(-c2ccccc2)nc1CCBr.Cc1oc(-c2ccccc2)nc1CCSc1ccc(CC(C(=O)O)n2cccc2)cc1.N#N.[B]. The monoisotopic (exact) mass is 1180 g/mol. The molecule has 0 aliphatic rings. The maximum Gasteiger partial charge on any atom is 0.327 e. The molecule has 0 spiro atoms. The molecule has 0 bridgehead atoms. The molecule has 81 heavy (non-hydrogen) atoms. The number of oxazole rings is 2. The van der Waals surface area contributed by atoms with Crippen LogP contribution in [0.2, 0.25) is 0 Å². The molecule has 0 saturated carbocycles. The van der Waals surface area contributed by atoms with Gasteiger partial charge in [0, 0.05) is 120 Å². The summed E-state index contributed by atoms with van der Waals surface area (Å²) in [5, 5.41) is 31.6. The van der Waals surface area contributed by atoms with Crippen molar-refractivity contribution in [2.75, 3.05) is 11.1 Å². The first-order chi connectivity index (χ1) is 38.9. The van der Waals surface area contributed by atoms with Crippen molar-refractivity contribution in [3.8, 4) is 28.7 Å². The predicted octanol–water partition coefficient (Wildman–Crippen LogP) is 16.5. The van der Waals surface area contributed by atoms with Crippen LogP contribution >= 0.6 is 40.3 Å². The van der Waals surface area contributed by atoms with Crippen LogP contribution < -0.4 is 0 Å². The fraction of sp³-hybridized carbons (Fsp3) is 0.246. The summed E-state index contributed by atoms with van der Waals surface area (Å²) in [5.74, 6) is 3.54. The molecule has 3 unspecified atom stereocenters. The van der Waals surface area contributed by atoms with Crippen LogP contribution in [0.4, 0.5) is 0 Å². The number of nitrogens with zero attached hydrogens (tertiary/aromatic N) is 7. The Kier molecular flexibility index (Phi) is 29.1. The highest BCUT2D eigenvalue weighted by atomic mass is 79.9. The molecule has 10 aromatic rings. The molecule has 0 amide bonds. The van der Waals surface area contributed by atoms with Crippen molar-refractivity contribution >= 4 is 54.7 Å². The standard InChI is InChI=1S/C25H24N2O3S.C13H15NO.C13H15NS.C12H12BrNO.C2H6.B.N2/c1-18-22(26-24(30-18)20-7-3-2-4-8-20)13-16-31-21-11-9-19(10-12-21)17-23(25(28)29)27-14-5-6-15-27;2*1-11(14-8-2-3-9-14)10-12-4-6-13(15)7-5-12;1-9-11(7-8-13)14-12(15-9)10-5-3-2-4-6-10;1-2;;1-2/h2-12,14-15,23H,13,16-17H2,1H3,(H,28,29);2*2-9,11,15H,10H2,1H3;2-6H,7-8H2,1H3;1-2H3;;. The summed E-state index contributed by atoms with van der Waals surface area (Å²) in [6, 6.07) is 56.0. The Bertz CT molecular complexity index is 3180. The normalized spacial score (nSPS) is 11.3. The van der Waals surface area contributed by atoms with Gasteiger partial charge < -0.3 is 32.7 Å². The number of aromatic nitrogens is 5. The number of alkyl halides is 1. The molecule has 0 aliphatic carbocycles. The highest BCUT2D eigenvalue weighted by molar-refractivity contribution is 9.09. The zero-order valence-electron chi connectivity index (χ0n) is 46.9. The zero-order valence-corrected chi connectivity index (χ0v) is 50.2. The summed E-state index contributed by atoms with van der Waals surface area (Å²) < 4.78 is 17.6. The Morgan fingerprint density at radius 3 is 1.38 bits per heavy atom. The number of aromatic hydroxyl groups is 1. The Hall–Kier alpha value is -7.71. The maximum absolute atomic E-state index is 11.6. The summed E-state index contributed by atoms with van der Waals surface area (Å²) in [7, 11) is 0. The average Bonchev–Trinajstić information content (AvgIpc) is 4.40. The summed E-state index contributed by atoms with van der Waals surface area (Å²) in [6.45, 7) is 12.3. The van der Waals surface area contributed by atoms with Crippen LogP contribution in [-0.2, 0) is 36.9 Å². The number of aryl methyl sites for hydroxylation is 4.